The van der Waals surface area contributed by atoms with Crippen molar-refractivity contribution in [3.63, 3.8) is 0 Å². The smallest absolute Gasteiger partial charge is 0.152 e. The Morgan fingerprint density at radius 3 is 2.07 bits per heavy atom. The second-order valence-corrected chi connectivity index (χ2v) is 7.82. The third-order valence-electron chi connectivity index (χ3n) is 5.17. The van der Waals surface area contributed by atoms with Gasteiger partial charge < -0.3 is 4.84 Å². The second kappa shape index (κ2) is 8.15. The Hall–Kier alpha value is -2.66. The Kier molecular flexibility index (Phi) is 5.84. The van der Waals surface area contributed by atoms with Crippen LogP contribution in [0.5, 0.6) is 0 Å². The molecule has 0 saturated carbocycles. The maximum atomic E-state index is 9.65. The highest BCUT2D eigenvalue weighted by molar-refractivity contribution is 6.04. The van der Waals surface area contributed by atoms with E-state index >= 15 is 0 Å². The molecule has 0 fully saturated rings. The third-order valence-corrected chi connectivity index (χ3v) is 5.17. The molecule has 1 atom stereocenters. The Labute approximate surface area is 167 Å². The number of benzene rings is 2. The second-order valence-electron chi connectivity index (χ2n) is 7.82. The normalized spacial score (nSPS) is 16.8. The maximum absolute atomic E-state index is 9.65. The molecule has 0 amide bonds. The Morgan fingerprint density at radius 2 is 1.54 bits per heavy atom. The van der Waals surface area contributed by atoms with Gasteiger partial charge in [-0.25, -0.2) is 0 Å². The minimum Gasteiger partial charge on any atom is -0.390 e. The van der Waals surface area contributed by atoms with Gasteiger partial charge in [-0.1, -0.05) is 40.5 Å². The van der Waals surface area contributed by atoms with Gasteiger partial charge in [0, 0.05) is 17.5 Å². The van der Waals surface area contributed by atoms with Crippen LogP contribution in [0.3, 0.4) is 0 Å². The van der Waals surface area contributed by atoms with E-state index in [9.17, 15) is 5.21 Å². The number of amidine groups is 1. The molecule has 1 aliphatic rings. The van der Waals surface area contributed by atoms with Crippen LogP contribution in [0.25, 0.3) is 0 Å². The van der Waals surface area contributed by atoms with Gasteiger partial charge in [-0.05, 0) is 63.8 Å². The molecule has 0 radical (unpaired) electrons. The molecule has 2 aromatic carbocycles. The number of nitrogens with one attached hydrogen (secondary N) is 1. The molecule has 28 heavy (non-hydrogen) atoms. The molecule has 2 aromatic rings. The summed E-state index contributed by atoms with van der Waals surface area (Å²) in [6, 6.07) is 8.52. The topological polar surface area (TPSA) is 66.2 Å². The van der Waals surface area contributed by atoms with Crippen LogP contribution in [0.4, 0.5) is 0 Å². The van der Waals surface area contributed by atoms with Crippen molar-refractivity contribution in [2.24, 2.45) is 10.1 Å². The summed E-state index contributed by atoms with van der Waals surface area (Å²) in [5.41, 5.74) is 12.4. The summed E-state index contributed by atoms with van der Waals surface area (Å²) in [6.45, 7) is 12.9. The monoisotopic (exact) mass is 379 g/mol. The Bertz CT molecular complexity index is 914. The van der Waals surface area contributed by atoms with Gasteiger partial charge in [0.2, 0.25) is 0 Å². The van der Waals surface area contributed by atoms with E-state index in [1.54, 1.807) is 0 Å². The lowest BCUT2D eigenvalue weighted by Gasteiger charge is -2.14. The van der Waals surface area contributed by atoms with Gasteiger partial charge in [-0.2, -0.15) is 0 Å². The average Bonchev–Trinajstić information content (AvgIpc) is 3.04. The highest BCUT2D eigenvalue weighted by Crippen LogP contribution is 2.24. The van der Waals surface area contributed by atoms with Gasteiger partial charge in [-0.15, -0.1) is 0 Å². The van der Waals surface area contributed by atoms with Gasteiger partial charge in [-0.3, -0.25) is 15.7 Å². The molecule has 1 heterocycles. The first-order valence-corrected chi connectivity index (χ1v) is 9.63. The van der Waals surface area contributed by atoms with Crippen molar-refractivity contribution in [3.8, 4) is 0 Å². The van der Waals surface area contributed by atoms with E-state index in [1.807, 2.05) is 13.8 Å². The van der Waals surface area contributed by atoms with Gasteiger partial charge in [0.25, 0.3) is 0 Å². The van der Waals surface area contributed by atoms with Crippen molar-refractivity contribution in [2.75, 3.05) is 6.54 Å². The molecule has 0 aliphatic carbocycles. The minimum absolute atomic E-state index is 0.135. The first-order chi connectivity index (χ1) is 13.3. The van der Waals surface area contributed by atoms with Gasteiger partial charge >= 0.3 is 0 Å². The third kappa shape index (κ3) is 4.09. The average molecular weight is 380 g/mol. The Morgan fingerprint density at radius 1 is 1.00 bits per heavy atom. The predicted molar refractivity (Wildman–Crippen MR) is 114 cm³/mol. The summed E-state index contributed by atoms with van der Waals surface area (Å²) >= 11 is 0. The van der Waals surface area contributed by atoms with Gasteiger partial charge in [0.05, 0.1) is 12.3 Å². The van der Waals surface area contributed by atoms with Crippen LogP contribution in [-0.2, 0) is 4.84 Å². The van der Waals surface area contributed by atoms with E-state index in [4.69, 9.17) is 4.84 Å². The van der Waals surface area contributed by atoms with E-state index in [0.717, 1.165) is 22.4 Å². The summed E-state index contributed by atoms with van der Waals surface area (Å²) in [5.74, 6) is 0.467. The van der Waals surface area contributed by atoms with Crippen molar-refractivity contribution in [3.05, 3.63) is 68.8 Å². The lowest BCUT2D eigenvalue weighted by molar-refractivity contribution is 0.0919. The molecule has 1 unspecified atom stereocenters. The summed E-state index contributed by atoms with van der Waals surface area (Å²) in [6.07, 6.45) is 0.572. The summed E-state index contributed by atoms with van der Waals surface area (Å²) < 4.78 is 0. The van der Waals surface area contributed by atoms with Crippen LogP contribution >= 0.6 is 0 Å². The fraction of sp³-hybridized carbons (Fsp3) is 0.391. The molecular weight excluding hydrogens is 350 g/mol. The quantitative estimate of drug-likeness (QED) is 0.468. The lowest BCUT2D eigenvalue weighted by Crippen LogP contribution is -2.25. The van der Waals surface area contributed by atoms with Crippen LogP contribution < -0.4 is 5.48 Å². The first kappa shape index (κ1) is 20.1. The number of nitrogens with zero attached hydrogens (tertiary/aromatic N) is 2. The number of aryl methyl sites for hydroxylation is 6. The Balaban J connectivity index is 1.76. The number of aliphatic imine (C=N–C) groups is 1. The molecular formula is C23H29N3O2. The van der Waals surface area contributed by atoms with Crippen molar-refractivity contribution < 1.29 is 10.0 Å². The number of hydrogen-bond acceptors (Lipinski definition) is 4. The highest BCUT2D eigenvalue weighted by Gasteiger charge is 2.24. The molecule has 5 nitrogen and oxygen atoms in total. The SMILES string of the molecule is Cc1cc(C)c(C2=NOC(CN=C(NO)c3c(C)cc(C)cc3C)C2)c(C)c1. The molecule has 0 bridgehead atoms. The zero-order valence-corrected chi connectivity index (χ0v) is 17.6. The number of oxime groups is 1. The number of hydroxylamine groups is 1. The largest absolute Gasteiger partial charge is 0.390 e. The number of hydrogen-bond donors (Lipinski definition) is 2. The molecule has 3 rings (SSSR count). The van der Waals surface area contributed by atoms with E-state index in [2.05, 4.69) is 67.6 Å². The fourth-order valence-corrected chi connectivity index (χ4v) is 4.23. The van der Waals surface area contributed by atoms with Crippen LogP contribution in [0.1, 0.15) is 50.9 Å². The van der Waals surface area contributed by atoms with E-state index in [-0.39, 0.29) is 6.10 Å². The van der Waals surface area contributed by atoms with Crippen LogP contribution in [-0.4, -0.2) is 29.4 Å². The minimum atomic E-state index is -0.135. The zero-order valence-electron chi connectivity index (χ0n) is 17.6. The molecule has 5 heteroatoms. The van der Waals surface area contributed by atoms with E-state index < -0.39 is 0 Å². The molecule has 2 N–H and O–H groups in total. The summed E-state index contributed by atoms with van der Waals surface area (Å²) in [4.78, 5) is 10.2. The van der Waals surface area contributed by atoms with Crippen LogP contribution in [0, 0.1) is 41.5 Å². The van der Waals surface area contributed by atoms with Crippen molar-refractivity contribution in [2.45, 2.75) is 54.1 Å². The first-order valence-electron chi connectivity index (χ1n) is 9.63. The highest BCUT2D eigenvalue weighted by atomic mass is 16.6. The van der Waals surface area contributed by atoms with Gasteiger partial charge in [0.1, 0.15) is 0 Å². The molecule has 1 aliphatic heterocycles. The van der Waals surface area contributed by atoms with E-state index in [1.165, 1.54) is 27.8 Å². The zero-order chi connectivity index (χ0) is 20.4. The van der Waals surface area contributed by atoms with Crippen molar-refractivity contribution >= 4 is 11.5 Å². The molecule has 0 aromatic heterocycles. The molecule has 148 valence electrons. The van der Waals surface area contributed by atoms with Crippen molar-refractivity contribution in [1.82, 2.24) is 5.48 Å². The van der Waals surface area contributed by atoms with Crippen LogP contribution in [0.15, 0.2) is 34.4 Å². The lowest BCUT2D eigenvalue weighted by atomic mass is 9.94. The standard InChI is InChI=1S/C23H29N3O2/c1-13-7-15(3)21(16(4)8-13)20-11-19(28-26-20)12-24-23(25-27)22-17(5)9-14(2)10-18(22)6/h7-10,19,27H,11-12H2,1-6H3,(H,24,25). The fourth-order valence-electron chi connectivity index (χ4n) is 4.23. The molecule has 0 spiro atoms. The van der Waals surface area contributed by atoms with Crippen LogP contribution in [0.2, 0.25) is 0 Å². The number of rotatable bonds is 4. The maximum Gasteiger partial charge on any atom is 0.152 e. The van der Waals surface area contributed by atoms with E-state index in [0.29, 0.717) is 18.8 Å². The predicted octanol–water partition coefficient (Wildman–Crippen LogP) is 4.46. The summed E-state index contributed by atoms with van der Waals surface area (Å²) in [7, 11) is 0. The van der Waals surface area contributed by atoms with Crippen molar-refractivity contribution in [1.29, 1.82) is 0 Å². The molecule has 0 saturated heterocycles. The summed E-state index contributed by atoms with van der Waals surface area (Å²) in [5, 5.41) is 14.0. The van der Waals surface area contributed by atoms with Gasteiger partial charge in [0.15, 0.2) is 11.9 Å².